The van der Waals surface area contributed by atoms with Crippen molar-refractivity contribution in [1.29, 1.82) is 0 Å². The van der Waals surface area contributed by atoms with Gasteiger partial charge in [0.05, 0.1) is 19.9 Å². The molecule has 2 unspecified atom stereocenters. The van der Waals surface area contributed by atoms with Crippen molar-refractivity contribution in [2.45, 2.75) is 18.5 Å². The van der Waals surface area contributed by atoms with E-state index in [9.17, 15) is 19.5 Å². The van der Waals surface area contributed by atoms with Gasteiger partial charge >= 0.3 is 12.0 Å². The molecule has 2 aromatic rings. The molecule has 4 rings (SSSR count). The molecule has 9 heteroatoms. The average Bonchev–Trinajstić information content (AvgIpc) is 3.12. The predicted octanol–water partition coefficient (Wildman–Crippen LogP) is 1.61. The number of hydrogen-bond acceptors (Lipinski definition) is 5. The molecule has 1 aromatic carbocycles. The number of nitrogens with zero attached hydrogens (tertiary/aromatic N) is 2. The highest BCUT2D eigenvalue weighted by atomic mass is 16.5. The van der Waals surface area contributed by atoms with Crippen LogP contribution in [-0.2, 0) is 0 Å². The molecule has 1 saturated heterocycles. The number of likely N-dealkylation sites (tertiary alicyclic amines) is 1. The summed E-state index contributed by atoms with van der Waals surface area (Å²) in [6.07, 6.45) is 1.42. The minimum atomic E-state index is -1.32. The first-order valence-electron chi connectivity index (χ1n) is 8.69. The van der Waals surface area contributed by atoms with Crippen LogP contribution in [0.3, 0.4) is 0 Å². The Kier molecular flexibility index (Phi) is 4.02. The van der Waals surface area contributed by atoms with Crippen molar-refractivity contribution >= 4 is 12.0 Å². The third-order valence-corrected chi connectivity index (χ3v) is 5.47. The zero-order valence-electron chi connectivity index (χ0n) is 15.3. The van der Waals surface area contributed by atoms with Gasteiger partial charge in [0.1, 0.15) is 11.7 Å². The first-order chi connectivity index (χ1) is 13.4. The zero-order chi connectivity index (χ0) is 20.2. The second-order valence-corrected chi connectivity index (χ2v) is 6.78. The van der Waals surface area contributed by atoms with Crippen molar-refractivity contribution in [3.05, 3.63) is 45.7 Å². The molecule has 0 spiro atoms. The molecule has 1 aromatic heterocycles. The Bertz CT molecular complexity index is 1060. The quantitative estimate of drug-likeness (QED) is 0.827. The van der Waals surface area contributed by atoms with E-state index in [-0.39, 0.29) is 11.5 Å². The molecule has 3 N–H and O–H groups in total. The van der Waals surface area contributed by atoms with Gasteiger partial charge in [0.2, 0.25) is 0 Å². The summed E-state index contributed by atoms with van der Waals surface area (Å²) in [7, 11) is 3.05. The number of nitrogens with two attached hydrogens (primary N) is 1. The highest BCUT2D eigenvalue weighted by molar-refractivity contribution is 5.88. The van der Waals surface area contributed by atoms with Crippen LogP contribution >= 0.6 is 0 Å². The second-order valence-electron chi connectivity index (χ2n) is 6.78. The third-order valence-electron chi connectivity index (χ3n) is 5.47. The molecule has 2 amide bonds. The van der Waals surface area contributed by atoms with Crippen LogP contribution in [-0.4, -0.2) is 47.3 Å². The third kappa shape index (κ3) is 2.43. The van der Waals surface area contributed by atoms with Crippen molar-refractivity contribution in [1.82, 2.24) is 9.47 Å². The van der Waals surface area contributed by atoms with Gasteiger partial charge in [0.25, 0.3) is 0 Å². The number of primary amides is 1. The van der Waals surface area contributed by atoms with Gasteiger partial charge in [-0.05, 0) is 24.1 Å². The van der Waals surface area contributed by atoms with Crippen molar-refractivity contribution in [3.8, 4) is 22.8 Å². The molecule has 1 fully saturated rings. The topological polar surface area (TPSA) is 124 Å². The fraction of sp³-hybridized carbons (Fsp3) is 0.316. The smallest absolute Gasteiger partial charge is 0.341 e. The number of methoxy groups -OCH3 is 2. The van der Waals surface area contributed by atoms with Gasteiger partial charge in [-0.15, -0.1) is 0 Å². The molecule has 3 heterocycles. The van der Waals surface area contributed by atoms with Gasteiger partial charge in [-0.1, -0.05) is 0 Å². The Balaban J connectivity index is 2.05. The van der Waals surface area contributed by atoms with E-state index in [0.717, 1.165) is 11.1 Å². The van der Waals surface area contributed by atoms with Gasteiger partial charge in [0.15, 0.2) is 16.9 Å². The zero-order valence-corrected chi connectivity index (χ0v) is 15.3. The van der Waals surface area contributed by atoms with E-state index < -0.39 is 23.6 Å². The predicted molar refractivity (Wildman–Crippen MR) is 98.9 cm³/mol. The maximum absolute atomic E-state index is 12.4. The summed E-state index contributed by atoms with van der Waals surface area (Å²) in [4.78, 5) is 37.4. The lowest BCUT2D eigenvalue weighted by Gasteiger charge is -2.37. The van der Waals surface area contributed by atoms with Gasteiger partial charge in [-0.2, -0.15) is 0 Å². The number of aromatic carboxylic acids is 1. The van der Waals surface area contributed by atoms with Gasteiger partial charge in [-0.3, -0.25) is 4.79 Å². The number of hydrogen-bond donors (Lipinski definition) is 2. The fourth-order valence-corrected chi connectivity index (χ4v) is 4.25. The summed E-state index contributed by atoms with van der Waals surface area (Å²) >= 11 is 0. The summed E-state index contributed by atoms with van der Waals surface area (Å²) in [5, 5.41) is 9.37. The Morgan fingerprint density at radius 3 is 2.46 bits per heavy atom. The Morgan fingerprint density at radius 1 is 1.18 bits per heavy atom. The van der Waals surface area contributed by atoms with Crippen LogP contribution in [0.1, 0.15) is 34.4 Å². The number of carbonyl (C=O) groups is 2. The highest BCUT2D eigenvalue weighted by Gasteiger charge is 2.44. The maximum Gasteiger partial charge on any atom is 0.341 e. The minimum absolute atomic E-state index is 0.126. The number of fused-ring (bicyclic) bond motifs is 6. The first-order valence-corrected chi connectivity index (χ1v) is 8.69. The number of benzene rings is 1. The maximum atomic E-state index is 12.4. The summed E-state index contributed by atoms with van der Waals surface area (Å²) < 4.78 is 12.5. The summed E-state index contributed by atoms with van der Waals surface area (Å²) in [6, 6.07) is 4.29. The van der Waals surface area contributed by atoms with E-state index in [1.807, 2.05) is 6.07 Å². The summed E-state index contributed by atoms with van der Waals surface area (Å²) in [6.45, 7) is 0.423. The van der Waals surface area contributed by atoms with Crippen molar-refractivity contribution < 1.29 is 24.2 Å². The molecule has 0 radical (unpaired) electrons. The number of urea groups is 1. The molecule has 146 valence electrons. The molecule has 0 aliphatic carbocycles. The van der Waals surface area contributed by atoms with Crippen LogP contribution in [0, 0.1) is 0 Å². The normalized spacial score (nSPS) is 19.4. The van der Waals surface area contributed by atoms with Crippen LogP contribution in [0.5, 0.6) is 11.5 Å². The largest absolute Gasteiger partial charge is 0.493 e. The molecular formula is C19H19N3O6. The standard InChI is InChI=1S/C19H19N3O6/c1-27-15-5-10-9-3-4-21(19(20)26)17(9)22-8-12(18(24)25)14(23)7-13(22)11(10)6-16(15)28-2/h5-9,17H,3-4H2,1-2H3,(H2,20,26)(H,24,25). The highest BCUT2D eigenvalue weighted by Crippen LogP contribution is 2.51. The number of carboxylic acids is 1. The number of carboxylic acid groups (broad SMARTS) is 1. The summed E-state index contributed by atoms with van der Waals surface area (Å²) in [5.74, 6) is -0.418. The van der Waals surface area contributed by atoms with Crippen LogP contribution in [0.2, 0.25) is 0 Å². The molecule has 0 bridgehead atoms. The average molecular weight is 385 g/mol. The Hall–Kier alpha value is -3.49. The van der Waals surface area contributed by atoms with Gasteiger partial charge in [0, 0.05) is 30.3 Å². The number of pyridine rings is 1. The van der Waals surface area contributed by atoms with E-state index in [0.29, 0.717) is 30.2 Å². The Labute approximate surface area is 159 Å². The summed E-state index contributed by atoms with van der Waals surface area (Å²) in [5.41, 5.74) is 6.73. The van der Waals surface area contributed by atoms with E-state index >= 15 is 0 Å². The molecule has 28 heavy (non-hydrogen) atoms. The Morgan fingerprint density at radius 2 is 1.86 bits per heavy atom. The fourth-order valence-electron chi connectivity index (χ4n) is 4.25. The monoisotopic (exact) mass is 385 g/mol. The van der Waals surface area contributed by atoms with Crippen LogP contribution in [0.25, 0.3) is 11.3 Å². The molecular weight excluding hydrogens is 366 g/mol. The van der Waals surface area contributed by atoms with Crippen LogP contribution < -0.4 is 20.6 Å². The lowest BCUT2D eigenvalue weighted by Crippen LogP contribution is -2.40. The van der Waals surface area contributed by atoms with Crippen LogP contribution in [0.15, 0.2) is 29.2 Å². The second kappa shape index (κ2) is 6.29. The van der Waals surface area contributed by atoms with Crippen molar-refractivity contribution in [2.24, 2.45) is 5.73 Å². The van der Waals surface area contributed by atoms with Crippen molar-refractivity contribution in [3.63, 3.8) is 0 Å². The number of ether oxygens (including phenoxy) is 2. The first kappa shape index (κ1) is 17.9. The minimum Gasteiger partial charge on any atom is -0.493 e. The molecule has 2 aliphatic heterocycles. The number of rotatable bonds is 3. The number of aromatic nitrogens is 1. The molecule has 2 atom stereocenters. The van der Waals surface area contributed by atoms with E-state index in [4.69, 9.17) is 15.2 Å². The molecule has 9 nitrogen and oxygen atoms in total. The van der Waals surface area contributed by atoms with Gasteiger partial charge < -0.3 is 29.8 Å². The van der Waals surface area contributed by atoms with Gasteiger partial charge in [-0.25, -0.2) is 9.59 Å². The number of carbonyl (C=O) groups excluding carboxylic acids is 1. The van der Waals surface area contributed by atoms with E-state index in [1.165, 1.54) is 31.4 Å². The van der Waals surface area contributed by atoms with E-state index in [2.05, 4.69) is 0 Å². The van der Waals surface area contributed by atoms with Crippen LogP contribution in [0.4, 0.5) is 4.79 Å². The molecule has 2 aliphatic rings. The SMILES string of the molecule is COc1cc2c(cc1OC)C1CCN(C(N)=O)C1n1cc(C(=O)O)c(=O)cc1-2. The lowest BCUT2D eigenvalue weighted by molar-refractivity contribution is 0.0694. The molecule has 0 saturated carbocycles. The number of amides is 2. The van der Waals surface area contributed by atoms with E-state index in [1.54, 1.807) is 10.6 Å². The lowest BCUT2D eigenvalue weighted by atomic mass is 9.85. The van der Waals surface area contributed by atoms with Crippen molar-refractivity contribution in [2.75, 3.05) is 20.8 Å².